The van der Waals surface area contributed by atoms with Crippen molar-refractivity contribution in [2.45, 2.75) is 43.3 Å². The van der Waals surface area contributed by atoms with Gasteiger partial charge in [0.2, 0.25) is 0 Å². The summed E-state index contributed by atoms with van der Waals surface area (Å²) in [6, 6.07) is 0. The number of fused-ring (bicyclic) bond motifs is 2. The summed E-state index contributed by atoms with van der Waals surface area (Å²) in [5.41, 5.74) is 0.177. The summed E-state index contributed by atoms with van der Waals surface area (Å²) in [5.74, 6) is 0.718. The molecule has 0 unspecified atom stereocenters. The fourth-order valence-corrected chi connectivity index (χ4v) is 5.38. The quantitative estimate of drug-likeness (QED) is 0.603. The summed E-state index contributed by atoms with van der Waals surface area (Å²) in [6.07, 6.45) is 3.42. The van der Waals surface area contributed by atoms with Crippen molar-refractivity contribution in [1.82, 2.24) is 0 Å². The molecule has 0 amide bonds. The Bertz CT molecular complexity index is 224. The summed E-state index contributed by atoms with van der Waals surface area (Å²) in [4.78, 5) is -0.322. The van der Waals surface area contributed by atoms with Crippen LogP contribution >= 0.6 is 34.8 Å². The molecule has 13 heavy (non-hydrogen) atoms. The molecule has 3 heteroatoms. The highest BCUT2D eigenvalue weighted by Gasteiger charge is 2.66. The van der Waals surface area contributed by atoms with Crippen LogP contribution in [0.25, 0.3) is 0 Å². The van der Waals surface area contributed by atoms with Crippen LogP contribution < -0.4 is 0 Å². The van der Waals surface area contributed by atoms with E-state index in [0.717, 1.165) is 18.8 Å². The number of alkyl halides is 3. The minimum Gasteiger partial charge on any atom is -0.122 e. The molecule has 2 aliphatic carbocycles. The maximum absolute atomic E-state index is 6.38. The Balaban J connectivity index is 2.43. The van der Waals surface area contributed by atoms with Crippen LogP contribution in [-0.2, 0) is 0 Å². The van der Waals surface area contributed by atoms with Crippen molar-refractivity contribution in [2.75, 3.05) is 0 Å². The van der Waals surface area contributed by atoms with Crippen LogP contribution in [0, 0.1) is 16.7 Å². The molecule has 2 rings (SSSR count). The number of rotatable bonds is 1. The van der Waals surface area contributed by atoms with E-state index in [0.29, 0.717) is 0 Å². The number of hydrogen-bond acceptors (Lipinski definition) is 0. The van der Waals surface area contributed by atoms with E-state index in [4.69, 9.17) is 34.8 Å². The van der Waals surface area contributed by atoms with Gasteiger partial charge >= 0.3 is 0 Å². The van der Waals surface area contributed by atoms with E-state index in [1.165, 1.54) is 6.42 Å². The first-order valence-electron chi connectivity index (χ1n) is 4.85. The molecule has 0 heterocycles. The minimum atomic E-state index is -0.322. The van der Waals surface area contributed by atoms with Gasteiger partial charge in [-0.05, 0) is 30.6 Å². The largest absolute Gasteiger partial charge is 0.122 e. The predicted octanol–water partition coefficient (Wildman–Crippen LogP) is 4.22. The first kappa shape index (κ1) is 10.4. The molecule has 0 aromatic rings. The lowest BCUT2D eigenvalue weighted by Crippen LogP contribution is -2.41. The fourth-order valence-electron chi connectivity index (χ4n) is 3.44. The van der Waals surface area contributed by atoms with E-state index in [1.54, 1.807) is 0 Å². The minimum absolute atomic E-state index is 0.0394. The van der Waals surface area contributed by atoms with Crippen molar-refractivity contribution in [1.29, 1.82) is 0 Å². The normalized spacial score (nSPS) is 47.5. The molecule has 2 bridgehead atoms. The Morgan fingerprint density at radius 3 is 2.15 bits per heavy atom. The molecule has 0 aromatic carbocycles. The smallest absolute Gasteiger partial charge is 0.115 e. The molecule has 0 spiro atoms. The van der Waals surface area contributed by atoms with Crippen LogP contribution in [0.15, 0.2) is 0 Å². The van der Waals surface area contributed by atoms with Crippen LogP contribution in [0.1, 0.15) is 33.1 Å². The molecule has 0 nitrogen and oxygen atoms in total. The van der Waals surface area contributed by atoms with Crippen LogP contribution in [-0.4, -0.2) is 10.2 Å². The monoisotopic (exact) mass is 240 g/mol. The van der Waals surface area contributed by atoms with Gasteiger partial charge in [0.25, 0.3) is 0 Å². The van der Waals surface area contributed by atoms with Gasteiger partial charge in [0.05, 0.1) is 0 Å². The lowest BCUT2D eigenvalue weighted by Gasteiger charge is -2.41. The van der Waals surface area contributed by atoms with Crippen LogP contribution in [0.4, 0.5) is 0 Å². The van der Waals surface area contributed by atoms with Crippen LogP contribution in [0.2, 0.25) is 0 Å². The zero-order valence-electron chi connectivity index (χ0n) is 7.99. The summed E-state index contributed by atoms with van der Waals surface area (Å²) >= 11 is 18.6. The van der Waals surface area contributed by atoms with Crippen molar-refractivity contribution in [3.8, 4) is 0 Å². The van der Waals surface area contributed by atoms with Gasteiger partial charge in [-0.2, -0.15) is 0 Å². The lowest BCUT2D eigenvalue weighted by atomic mass is 9.70. The van der Waals surface area contributed by atoms with Crippen molar-refractivity contribution in [3.63, 3.8) is 0 Å². The average molecular weight is 242 g/mol. The van der Waals surface area contributed by atoms with E-state index >= 15 is 0 Å². The van der Waals surface area contributed by atoms with Gasteiger partial charge in [-0.1, -0.05) is 13.8 Å². The SMILES string of the molecule is CC1(C)[C@@H]2CC[C@@]1(C(Cl)Cl)[C@@H](Cl)C2. The first-order chi connectivity index (χ1) is 5.93. The maximum atomic E-state index is 6.38. The van der Waals surface area contributed by atoms with Crippen LogP contribution in [0.3, 0.4) is 0 Å². The van der Waals surface area contributed by atoms with Crippen molar-refractivity contribution in [3.05, 3.63) is 0 Å². The third-order valence-corrected chi connectivity index (χ3v) is 5.91. The predicted molar refractivity (Wildman–Crippen MR) is 58.7 cm³/mol. The highest BCUT2D eigenvalue weighted by molar-refractivity contribution is 6.45. The summed E-state index contributed by atoms with van der Waals surface area (Å²) in [5, 5.41) is 0.168. The summed E-state index contributed by atoms with van der Waals surface area (Å²) < 4.78 is 0. The summed E-state index contributed by atoms with van der Waals surface area (Å²) in [7, 11) is 0. The molecular weight excluding hydrogens is 226 g/mol. The zero-order valence-corrected chi connectivity index (χ0v) is 10.3. The molecule has 0 aliphatic heterocycles. The standard InChI is InChI=1S/C10H15Cl3/c1-9(2)6-3-4-10(9,8(12)13)7(11)5-6/h6-8H,3-5H2,1-2H3/t6-,7+,10+/m1/s1. The average Bonchev–Trinajstić information content (AvgIpc) is 2.35. The van der Waals surface area contributed by atoms with Crippen molar-refractivity contribution < 1.29 is 0 Å². The molecule has 76 valence electrons. The Hall–Kier alpha value is 0.870. The van der Waals surface area contributed by atoms with Gasteiger partial charge < -0.3 is 0 Å². The van der Waals surface area contributed by atoms with Gasteiger partial charge in [-0.3, -0.25) is 0 Å². The summed E-state index contributed by atoms with van der Waals surface area (Å²) in [6.45, 7) is 4.54. The van der Waals surface area contributed by atoms with Gasteiger partial charge in [0.1, 0.15) is 4.84 Å². The Morgan fingerprint density at radius 1 is 1.31 bits per heavy atom. The molecule has 2 saturated carbocycles. The molecule has 0 aromatic heterocycles. The highest BCUT2D eigenvalue weighted by Crippen LogP contribution is 2.70. The van der Waals surface area contributed by atoms with Gasteiger partial charge in [-0.25, -0.2) is 0 Å². The molecule has 2 aliphatic rings. The molecule has 0 N–H and O–H groups in total. The Labute approximate surface area is 94.9 Å². The van der Waals surface area contributed by atoms with Gasteiger partial charge in [0, 0.05) is 10.8 Å². The van der Waals surface area contributed by atoms with Crippen LogP contribution in [0.5, 0.6) is 0 Å². The number of hydrogen-bond donors (Lipinski definition) is 0. The first-order valence-corrected chi connectivity index (χ1v) is 6.16. The zero-order chi connectivity index (χ0) is 9.85. The third kappa shape index (κ3) is 1.06. The Kier molecular flexibility index (Phi) is 2.34. The molecular formula is C10H15Cl3. The molecule has 0 radical (unpaired) electrons. The topological polar surface area (TPSA) is 0 Å². The third-order valence-electron chi connectivity index (χ3n) is 4.57. The second-order valence-electron chi connectivity index (χ2n) is 5.00. The molecule has 0 saturated heterocycles. The number of halogens is 3. The van der Waals surface area contributed by atoms with E-state index in [9.17, 15) is 0 Å². The van der Waals surface area contributed by atoms with Crippen molar-refractivity contribution >= 4 is 34.8 Å². The van der Waals surface area contributed by atoms with E-state index < -0.39 is 0 Å². The molecule has 2 fully saturated rings. The second-order valence-corrected chi connectivity index (χ2v) is 6.62. The van der Waals surface area contributed by atoms with E-state index in [1.807, 2.05) is 0 Å². The van der Waals surface area contributed by atoms with Crippen molar-refractivity contribution in [2.24, 2.45) is 16.7 Å². The lowest BCUT2D eigenvalue weighted by molar-refractivity contribution is 0.148. The van der Waals surface area contributed by atoms with Gasteiger partial charge in [0.15, 0.2) is 0 Å². The second kappa shape index (κ2) is 2.93. The fraction of sp³-hybridized carbons (Fsp3) is 1.00. The maximum Gasteiger partial charge on any atom is 0.115 e. The van der Waals surface area contributed by atoms with E-state index in [-0.39, 0.29) is 21.0 Å². The highest BCUT2D eigenvalue weighted by atomic mass is 35.5. The Morgan fingerprint density at radius 2 is 1.92 bits per heavy atom. The van der Waals surface area contributed by atoms with E-state index in [2.05, 4.69) is 13.8 Å². The molecule has 3 atom stereocenters. The van der Waals surface area contributed by atoms with Gasteiger partial charge in [-0.15, -0.1) is 34.8 Å².